The van der Waals surface area contributed by atoms with Gasteiger partial charge in [-0.15, -0.1) is 5.10 Å². The summed E-state index contributed by atoms with van der Waals surface area (Å²) >= 11 is 1.30. The second kappa shape index (κ2) is 7.98. The Morgan fingerprint density at radius 2 is 2.00 bits per heavy atom. The van der Waals surface area contributed by atoms with E-state index in [0.717, 1.165) is 19.3 Å². The third kappa shape index (κ3) is 4.10. The van der Waals surface area contributed by atoms with E-state index in [9.17, 15) is 9.59 Å². The molecule has 0 spiro atoms. The number of carbonyl (C=O) groups is 1. The number of benzene rings is 1. The fourth-order valence-electron chi connectivity index (χ4n) is 2.07. The summed E-state index contributed by atoms with van der Waals surface area (Å²) in [6.07, 6.45) is 2.88. The molecule has 0 unspecified atom stereocenters. The number of nitrogens with zero attached hydrogens (tertiary/aromatic N) is 2. The van der Waals surface area contributed by atoms with Gasteiger partial charge in [0.25, 0.3) is 0 Å². The van der Waals surface area contributed by atoms with Gasteiger partial charge in [0.1, 0.15) is 0 Å². The lowest BCUT2D eigenvalue weighted by atomic mass is 10.1. The highest BCUT2D eigenvalue weighted by molar-refractivity contribution is 7.99. The lowest BCUT2D eigenvalue weighted by Gasteiger charge is -2.05. The summed E-state index contributed by atoms with van der Waals surface area (Å²) < 4.78 is 1.60. The van der Waals surface area contributed by atoms with E-state index in [1.54, 1.807) is 4.57 Å². The number of hydrogen-bond donors (Lipinski definition) is 1. The highest BCUT2D eigenvalue weighted by Gasteiger charge is 2.12. The third-order valence-corrected chi connectivity index (χ3v) is 4.45. The van der Waals surface area contributed by atoms with Crippen LogP contribution < -0.4 is 5.69 Å². The van der Waals surface area contributed by atoms with Crippen LogP contribution in [0.25, 0.3) is 0 Å². The number of H-pyrrole nitrogens is 1. The Balaban J connectivity index is 2.00. The van der Waals surface area contributed by atoms with Crippen molar-refractivity contribution >= 4 is 17.5 Å². The molecule has 0 atom stereocenters. The molecule has 5 nitrogen and oxygen atoms in total. The van der Waals surface area contributed by atoms with Gasteiger partial charge < -0.3 is 0 Å². The van der Waals surface area contributed by atoms with Crippen molar-refractivity contribution in [3.63, 3.8) is 0 Å². The number of nitrogens with one attached hydrogen (secondary N) is 1. The minimum Gasteiger partial charge on any atom is -0.293 e. The Labute approximate surface area is 134 Å². The third-order valence-electron chi connectivity index (χ3n) is 3.48. The molecular weight excluding hydrogens is 298 g/mol. The highest BCUT2D eigenvalue weighted by atomic mass is 32.2. The summed E-state index contributed by atoms with van der Waals surface area (Å²) in [4.78, 5) is 23.9. The van der Waals surface area contributed by atoms with Crippen LogP contribution in [0.15, 0.2) is 34.2 Å². The summed E-state index contributed by atoms with van der Waals surface area (Å²) in [6, 6.07) is 7.67. The Hall–Kier alpha value is -1.82. The molecule has 1 N–H and O–H groups in total. The van der Waals surface area contributed by atoms with Crippen molar-refractivity contribution in [2.75, 3.05) is 5.75 Å². The molecule has 1 aromatic heterocycles. The van der Waals surface area contributed by atoms with Crippen LogP contribution >= 0.6 is 11.8 Å². The predicted molar refractivity (Wildman–Crippen MR) is 88.6 cm³/mol. The first-order valence-electron chi connectivity index (χ1n) is 7.55. The quantitative estimate of drug-likeness (QED) is 0.600. The number of unbranched alkanes of at least 4 members (excludes halogenated alkanes) is 1. The van der Waals surface area contributed by atoms with E-state index >= 15 is 0 Å². The zero-order valence-corrected chi connectivity index (χ0v) is 13.8. The Kier molecular flexibility index (Phi) is 6.00. The predicted octanol–water partition coefficient (Wildman–Crippen LogP) is 2.91. The standard InChI is InChI=1S/C16H21N3O2S/c1-3-5-10-19-15(21)17-18-16(19)22-11-14(20)13-8-6-12(4-2)7-9-13/h6-9H,3-5,10-11H2,1-2H3,(H,17,21). The van der Waals surface area contributed by atoms with Gasteiger partial charge in [-0.3, -0.25) is 9.36 Å². The molecule has 118 valence electrons. The minimum absolute atomic E-state index is 0.0464. The molecule has 22 heavy (non-hydrogen) atoms. The molecule has 0 saturated heterocycles. The Bertz CT molecular complexity index is 673. The van der Waals surface area contributed by atoms with E-state index in [4.69, 9.17) is 0 Å². The molecule has 1 aromatic carbocycles. The van der Waals surface area contributed by atoms with E-state index in [1.165, 1.54) is 17.3 Å². The van der Waals surface area contributed by atoms with Crippen molar-refractivity contribution in [3.8, 4) is 0 Å². The molecule has 0 radical (unpaired) electrons. The summed E-state index contributed by atoms with van der Waals surface area (Å²) in [5, 5.41) is 7.03. The first-order valence-corrected chi connectivity index (χ1v) is 8.54. The van der Waals surface area contributed by atoms with E-state index in [-0.39, 0.29) is 17.2 Å². The molecule has 2 rings (SSSR count). The molecule has 1 heterocycles. The molecule has 0 fully saturated rings. The second-order valence-electron chi connectivity index (χ2n) is 5.08. The first kappa shape index (κ1) is 16.5. The van der Waals surface area contributed by atoms with E-state index in [1.807, 2.05) is 24.3 Å². The van der Waals surface area contributed by atoms with Gasteiger partial charge in [0.15, 0.2) is 10.9 Å². The average Bonchev–Trinajstić information content (AvgIpc) is 2.90. The molecule has 0 aliphatic heterocycles. The average molecular weight is 319 g/mol. The van der Waals surface area contributed by atoms with Crippen molar-refractivity contribution in [1.82, 2.24) is 14.8 Å². The van der Waals surface area contributed by atoms with Crippen LogP contribution in [0.3, 0.4) is 0 Å². The van der Waals surface area contributed by atoms with Gasteiger partial charge in [0, 0.05) is 12.1 Å². The van der Waals surface area contributed by atoms with Crippen LogP contribution in [-0.2, 0) is 13.0 Å². The molecule has 0 bridgehead atoms. The maximum atomic E-state index is 12.2. The Morgan fingerprint density at radius 3 is 2.64 bits per heavy atom. The number of thioether (sulfide) groups is 1. The SMILES string of the molecule is CCCCn1c(SCC(=O)c2ccc(CC)cc2)n[nH]c1=O. The molecule has 0 aliphatic rings. The lowest BCUT2D eigenvalue weighted by Crippen LogP contribution is -2.18. The van der Waals surface area contributed by atoms with Crippen LogP contribution in [-0.4, -0.2) is 26.3 Å². The summed E-state index contributed by atoms with van der Waals surface area (Å²) in [6.45, 7) is 4.79. The normalized spacial score (nSPS) is 10.8. The molecule has 6 heteroatoms. The van der Waals surface area contributed by atoms with Gasteiger partial charge in [0.2, 0.25) is 0 Å². The smallest absolute Gasteiger partial charge is 0.293 e. The van der Waals surface area contributed by atoms with E-state index in [2.05, 4.69) is 24.0 Å². The lowest BCUT2D eigenvalue weighted by molar-refractivity contribution is 0.102. The molecular formula is C16H21N3O2S. The fraction of sp³-hybridized carbons (Fsp3) is 0.438. The zero-order valence-electron chi connectivity index (χ0n) is 13.0. The van der Waals surface area contributed by atoms with Crippen molar-refractivity contribution in [2.24, 2.45) is 0 Å². The summed E-state index contributed by atoms with van der Waals surface area (Å²) in [5.74, 6) is 0.326. The molecule has 0 saturated carbocycles. The van der Waals surface area contributed by atoms with Crippen LogP contribution in [0.4, 0.5) is 0 Å². The number of aromatic nitrogens is 3. The van der Waals surface area contributed by atoms with Crippen LogP contribution in [0.2, 0.25) is 0 Å². The maximum absolute atomic E-state index is 12.2. The van der Waals surface area contributed by atoms with Gasteiger partial charge in [0.05, 0.1) is 5.75 Å². The number of carbonyl (C=O) groups excluding carboxylic acids is 1. The maximum Gasteiger partial charge on any atom is 0.343 e. The van der Waals surface area contributed by atoms with E-state index in [0.29, 0.717) is 17.3 Å². The number of ketones is 1. The van der Waals surface area contributed by atoms with Gasteiger partial charge in [-0.1, -0.05) is 56.3 Å². The first-order chi connectivity index (χ1) is 10.7. The monoisotopic (exact) mass is 319 g/mol. The minimum atomic E-state index is -0.212. The van der Waals surface area contributed by atoms with Crippen molar-refractivity contribution in [1.29, 1.82) is 0 Å². The van der Waals surface area contributed by atoms with Gasteiger partial charge in [-0.05, 0) is 18.4 Å². The van der Waals surface area contributed by atoms with Crippen LogP contribution in [0.5, 0.6) is 0 Å². The summed E-state index contributed by atoms with van der Waals surface area (Å²) in [5.41, 5.74) is 1.70. The van der Waals surface area contributed by atoms with E-state index < -0.39 is 0 Å². The van der Waals surface area contributed by atoms with Gasteiger partial charge >= 0.3 is 5.69 Å². The fourth-order valence-corrected chi connectivity index (χ4v) is 2.93. The summed E-state index contributed by atoms with van der Waals surface area (Å²) in [7, 11) is 0. The van der Waals surface area contributed by atoms with Crippen LogP contribution in [0.1, 0.15) is 42.6 Å². The number of aryl methyl sites for hydroxylation is 1. The largest absolute Gasteiger partial charge is 0.343 e. The Morgan fingerprint density at radius 1 is 1.27 bits per heavy atom. The number of aromatic amines is 1. The number of Topliss-reactive ketones (excluding diaryl/α,β-unsaturated/α-hetero) is 1. The van der Waals surface area contributed by atoms with Crippen molar-refractivity contribution in [2.45, 2.75) is 44.8 Å². The molecule has 2 aromatic rings. The van der Waals surface area contributed by atoms with Gasteiger partial charge in [-0.2, -0.15) is 0 Å². The zero-order chi connectivity index (χ0) is 15.9. The highest BCUT2D eigenvalue weighted by Crippen LogP contribution is 2.16. The van der Waals surface area contributed by atoms with Crippen molar-refractivity contribution in [3.05, 3.63) is 45.9 Å². The molecule has 0 amide bonds. The van der Waals surface area contributed by atoms with Gasteiger partial charge in [-0.25, -0.2) is 9.89 Å². The van der Waals surface area contributed by atoms with Crippen molar-refractivity contribution < 1.29 is 4.79 Å². The number of hydrogen-bond acceptors (Lipinski definition) is 4. The molecule has 0 aliphatic carbocycles. The number of rotatable bonds is 8. The van der Waals surface area contributed by atoms with Crippen LogP contribution in [0, 0.1) is 0 Å². The topological polar surface area (TPSA) is 67.8 Å². The second-order valence-corrected chi connectivity index (χ2v) is 6.02.